The summed E-state index contributed by atoms with van der Waals surface area (Å²) in [7, 11) is 0. The van der Waals surface area contributed by atoms with Gasteiger partial charge in [-0.1, -0.05) is 96.6 Å². The quantitative estimate of drug-likeness (QED) is 0.0805. The molecule has 1 unspecified atom stereocenters. The van der Waals surface area contributed by atoms with Gasteiger partial charge < -0.3 is 20.7 Å². The van der Waals surface area contributed by atoms with Gasteiger partial charge in [0, 0.05) is 32.2 Å². The Bertz CT molecular complexity index is 2220. The summed E-state index contributed by atoms with van der Waals surface area (Å²) in [6.45, 7) is 6.37. The number of amides is 3. The molecule has 0 spiro atoms. The van der Waals surface area contributed by atoms with Gasteiger partial charge in [0.05, 0.1) is 12.3 Å². The molecule has 266 valence electrons. The Kier molecular flexibility index (Phi) is 12.2. The van der Waals surface area contributed by atoms with Gasteiger partial charge in [-0.05, 0) is 74.9 Å². The standard InChI is InChI=1S/C43H38N4O4S2/c1-4-51-37-18-12-11-17-33(37)27-36(45-40(48)32-15-9-6-10-16-32)41(49)44-34-23-25-35(26-24-34)53-39(31-13-7-5-8-14-31)42(50)47-43-46-38(29(3)52-43)30-21-19-28(2)20-22-30/h5-27,39H,4H2,1-3H3,(H,44,49)(H,45,48)(H,46,47,50)/b36-27-. The van der Waals surface area contributed by atoms with E-state index in [4.69, 9.17) is 9.72 Å². The fourth-order valence-electron chi connectivity index (χ4n) is 5.44. The van der Waals surface area contributed by atoms with Gasteiger partial charge in [0.25, 0.3) is 11.8 Å². The van der Waals surface area contributed by atoms with Gasteiger partial charge in [0.2, 0.25) is 5.91 Å². The van der Waals surface area contributed by atoms with Gasteiger partial charge in [-0.2, -0.15) is 0 Å². The zero-order valence-electron chi connectivity index (χ0n) is 29.5. The molecule has 1 heterocycles. The number of aryl methyl sites for hydroxylation is 2. The predicted octanol–water partition coefficient (Wildman–Crippen LogP) is 9.71. The largest absolute Gasteiger partial charge is 0.493 e. The maximum Gasteiger partial charge on any atom is 0.272 e. The lowest BCUT2D eigenvalue weighted by molar-refractivity contribution is -0.116. The fourth-order valence-corrected chi connectivity index (χ4v) is 7.30. The van der Waals surface area contributed by atoms with Crippen LogP contribution in [0.2, 0.25) is 0 Å². The molecule has 0 bridgehead atoms. The first kappa shape index (κ1) is 36.8. The molecule has 0 fully saturated rings. The van der Waals surface area contributed by atoms with E-state index < -0.39 is 17.1 Å². The second kappa shape index (κ2) is 17.5. The highest BCUT2D eigenvalue weighted by molar-refractivity contribution is 8.00. The lowest BCUT2D eigenvalue weighted by Gasteiger charge is -2.17. The average Bonchev–Trinajstić information content (AvgIpc) is 3.55. The van der Waals surface area contributed by atoms with Crippen molar-refractivity contribution in [2.45, 2.75) is 30.9 Å². The van der Waals surface area contributed by atoms with E-state index in [2.05, 4.69) is 16.0 Å². The number of hydrogen-bond donors (Lipinski definition) is 3. The minimum atomic E-state index is -0.572. The summed E-state index contributed by atoms with van der Waals surface area (Å²) in [6, 6.07) is 41.0. The van der Waals surface area contributed by atoms with Crippen molar-refractivity contribution in [3.05, 3.63) is 166 Å². The van der Waals surface area contributed by atoms with E-state index in [1.54, 1.807) is 42.5 Å². The first-order chi connectivity index (χ1) is 25.8. The molecule has 0 radical (unpaired) electrons. The second-order valence-electron chi connectivity index (χ2n) is 12.0. The molecule has 0 aliphatic carbocycles. The van der Waals surface area contributed by atoms with Gasteiger partial charge >= 0.3 is 0 Å². The lowest BCUT2D eigenvalue weighted by atomic mass is 10.1. The molecule has 5 aromatic carbocycles. The molecule has 0 aliphatic rings. The summed E-state index contributed by atoms with van der Waals surface area (Å²) in [5.74, 6) is -0.535. The first-order valence-corrected chi connectivity index (χ1v) is 18.7. The molecule has 3 amide bonds. The minimum absolute atomic E-state index is 0.0493. The molecule has 1 aromatic heterocycles. The van der Waals surface area contributed by atoms with Crippen LogP contribution in [-0.2, 0) is 9.59 Å². The number of benzene rings is 5. The molecule has 6 aromatic rings. The third-order valence-electron chi connectivity index (χ3n) is 8.11. The number of thioether (sulfide) groups is 1. The van der Waals surface area contributed by atoms with Crippen molar-refractivity contribution >= 4 is 57.7 Å². The van der Waals surface area contributed by atoms with Crippen molar-refractivity contribution in [3.8, 4) is 17.0 Å². The Morgan fingerprint density at radius 3 is 2.15 bits per heavy atom. The monoisotopic (exact) mass is 738 g/mol. The SMILES string of the molecule is CCOc1ccccc1/C=C(\NC(=O)c1ccccc1)C(=O)Nc1ccc(SC(C(=O)Nc2nc(-c3ccc(C)cc3)c(C)s2)c2ccccc2)cc1. The summed E-state index contributed by atoms with van der Waals surface area (Å²) in [5.41, 5.74) is 5.49. The number of carbonyl (C=O) groups is 3. The number of para-hydroxylation sites is 1. The number of nitrogens with one attached hydrogen (secondary N) is 3. The Morgan fingerprint density at radius 1 is 0.792 bits per heavy atom. The van der Waals surface area contributed by atoms with E-state index in [0.29, 0.717) is 34.3 Å². The number of nitrogens with zero attached hydrogens (tertiary/aromatic N) is 1. The van der Waals surface area contributed by atoms with Crippen molar-refractivity contribution in [1.82, 2.24) is 10.3 Å². The lowest BCUT2D eigenvalue weighted by Crippen LogP contribution is -2.30. The van der Waals surface area contributed by atoms with E-state index in [1.165, 1.54) is 28.7 Å². The van der Waals surface area contributed by atoms with Gasteiger partial charge in [-0.25, -0.2) is 4.98 Å². The Hall–Kier alpha value is -5.97. The van der Waals surface area contributed by atoms with Crippen molar-refractivity contribution in [2.75, 3.05) is 17.2 Å². The molecule has 0 saturated carbocycles. The minimum Gasteiger partial charge on any atom is -0.493 e. The van der Waals surface area contributed by atoms with E-state index in [0.717, 1.165) is 26.6 Å². The number of carbonyl (C=O) groups excluding carboxylic acids is 3. The molecule has 1 atom stereocenters. The van der Waals surface area contributed by atoms with Gasteiger partial charge in [0.1, 0.15) is 16.7 Å². The molecule has 3 N–H and O–H groups in total. The zero-order valence-corrected chi connectivity index (χ0v) is 31.1. The summed E-state index contributed by atoms with van der Waals surface area (Å²) in [6.07, 6.45) is 1.60. The summed E-state index contributed by atoms with van der Waals surface area (Å²) in [5, 5.41) is 8.70. The third kappa shape index (κ3) is 9.68. The molecular weight excluding hydrogens is 701 g/mol. The Labute approximate surface area is 317 Å². The van der Waals surface area contributed by atoms with Crippen LogP contribution in [0.5, 0.6) is 5.75 Å². The number of hydrogen-bond acceptors (Lipinski definition) is 7. The molecule has 10 heteroatoms. The fraction of sp³-hybridized carbons (Fsp3) is 0.116. The molecule has 0 aliphatic heterocycles. The van der Waals surface area contributed by atoms with Crippen molar-refractivity contribution in [1.29, 1.82) is 0 Å². The maximum atomic E-state index is 13.8. The van der Waals surface area contributed by atoms with Crippen LogP contribution in [0.3, 0.4) is 0 Å². The molecular formula is C43H38N4O4S2. The number of ether oxygens (including phenoxy) is 1. The first-order valence-electron chi connectivity index (χ1n) is 17.1. The van der Waals surface area contributed by atoms with Crippen molar-refractivity contribution in [2.24, 2.45) is 0 Å². The number of aromatic nitrogens is 1. The Balaban J connectivity index is 1.19. The van der Waals surface area contributed by atoms with Gasteiger partial charge in [0.15, 0.2) is 5.13 Å². The van der Waals surface area contributed by atoms with Crippen LogP contribution < -0.4 is 20.7 Å². The van der Waals surface area contributed by atoms with Crippen molar-refractivity contribution < 1.29 is 19.1 Å². The average molecular weight is 739 g/mol. The molecule has 53 heavy (non-hydrogen) atoms. The summed E-state index contributed by atoms with van der Waals surface area (Å²) < 4.78 is 5.76. The van der Waals surface area contributed by atoms with E-state index in [9.17, 15) is 14.4 Å². The van der Waals surface area contributed by atoms with Crippen LogP contribution in [-0.4, -0.2) is 29.3 Å². The van der Waals surface area contributed by atoms with Crippen LogP contribution in [0.4, 0.5) is 10.8 Å². The molecule has 6 rings (SSSR count). The smallest absolute Gasteiger partial charge is 0.272 e. The predicted molar refractivity (Wildman–Crippen MR) is 215 cm³/mol. The van der Waals surface area contributed by atoms with Gasteiger partial charge in [-0.15, -0.1) is 23.1 Å². The number of thiazole rings is 1. The van der Waals surface area contributed by atoms with Crippen molar-refractivity contribution in [3.63, 3.8) is 0 Å². The maximum absolute atomic E-state index is 13.8. The second-order valence-corrected chi connectivity index (χ2v) is 14.4. The topological polar surface area (TPSA) is 109 Å². The molecule has 8 nitrogen and oxygen atoms in total. The zero-order chi connectivity index (χ0) is 37.2. The summed E-state index contributed by atoms with van der Waals surface area (Å²) >= 11 is 2.84. The van der Waals surface area contributed by atoms with E-state index in [-0.39, 0.29) is 11.6 Å². The third-order valence-corrected chi connectivity index (χ3v) is 10.3. The van der Waals surface area contributed by atoms with Crippen LogP contribution >= 0.6 is 23.1 Å². The van der Waals surface area contributed by atoms with Crippen LogP contribution in [0.15, 0.2) is 144 Å². The van der Waals surface area contributed by atoms with E-state index >= 15 is 0 Å². The summed E-state index contributed by atoms with van der Waals surface area (Å²) in [4.78, 5) is 47.3. The molecule has 0 saturated heterocycles. The van der Waals surface area contributed by atoms with Crippen LogP contribution in [0.25, 0.3) is 17.3 Å². The number of anilines is 2. The highest BCUT2D eigenvalue weighted by Gasteiger charge is 2.24. The van der Waals surface area contributed by atoms with Gasteiger partial charge in [-0.3, -0.25) is 14.4 Å². The van der Waals surface area contributed by atoms with E-state index in [1.807, 2.05) is 118 Å². The van der Waals surface area contributed by atoms with Crippen LogP contribution in [0.1, 0.15) is 44.1 Å². The highest BCUT2D eigenvalue weighted by atomic mass is 32.2. The van der Waals surface area contributed by atoms with Crippen LogP contribution in [0, 0.1) is 13.8 Å². The normalized spacial score (nSPS) is 11.7. The Morgan fingerprint density at radius 2 is 1.45 bits per heavy atom. The highest BCUT2D eigenvalue weighted by Crippen LogP contribution is 2.38. The number of rotatable bonds is 13.